The minimum atomic E-state index is 0.327. The average molecular weight is 548 g/mol. The molecule has 3 heterocycles. The Morgan fingerprint density at radius 2 is 1.44 bits per heavy atom. The van der Waals surface area contributed by atoms with Gasteiger partial charge in [-0.15, -0.1) is 0 Å². The third kappa shape index (κ3) is 4.67. The molecule has 0 atom stereocenters. The average Bonchev–Trinajstić information content (AvgIpc) is 3.63. The van der Waals surface area contributed by atoms with Gasteiger partial charge >= 0.3 is 0 Å². The molecule has 6 rings (SSSR count). The second-order valence-corrected chi connectivity index (χ2v) is 12.3. The molecule has 3 aromatic heterocycles. The second-order valence-electron chi connectivity index (χ2n) is 12.3. The van der Waals surface area contributed by atoms with E-state index in [0.717, 1.165) is 39.4 Å². The summed E-state index contributed by atoms with van der Waals surface area (Å²) in [6.07, 6.45) is 2.13. The Morgan fingerprint density at radius 1 is 0.732 bits per heavy atom. The number of aromatic nitrogens is 3. The van der Waals surface area contributed by atoms with E-state index < -0.39 is 0 Å². The highest BCUT2D eigenvalue weighted by molar-refractivity contribution is 5.97. The molecule has 5 nitrogen and oxygen atoms in total. The van der Waals surface area contributed by atoms with E-state index in [2.05, 4.69) is 112 Å². The highest BCUT2D eigenvalue weighted by Gasteiger charge is 2.21. The summed E-state index contributed by atoms with van der Waals surface area (Å²) in [4.78, 5) is 10.8. The van der Waals surface area contributed by atoms with E-state index in [1.165, 1.54) is 44.1 Å². The van der Waals surface area contributed by atoms with Gasteiger partial charge in [-0.2, -0.15) is 0 Å². The molecule has 0 radical (unpaired) electrons. The smallest absolute Gasteiger partial charge is 0.144 e. The van der Waals surface area contributed by atoms with Gasteiger partial charge in [0.25, 0.3) is 0 Å². The zero-order valence-corrected chi connectivity index (χ0v) is 25.5. The van der Waals surface area contributed by atoms with Gasteiger partial charge in [0, 0.05) is 44.6 Å². The Morgan fingerprint density at radius 3 is 2.15 bits per heavy atom. The summed E-state index contributed by atoms with van der Waals surface area (Å²) >= 11 is 0. The molecule has 212 valence electrons. The van der Waals surface area contributed by atoms with Crippen molar-refractivity contribution in [1.82, 2.24) is 15.0 Å². The number of ether oxygens (including phenoxy) is 2. The van der Waals surface area contributed by atoms with Crippen molar-refractivity contribution in [3.63, 3.8) is 0 Å². The lowest BCUT2D eigenvalue weighted by Crippen LogP contribution is -1.98. The van der Waals surface area contributed by atoms with Crippen LogP contribution in [0.25, 0.3) is 44.0 Å². The number of rotatable bonds is 8. The summed E-state index contributed by atoms with van der Waals surface area (Å²) in [6, 6.07) is 17.4. The molecular formula is C36H41N3O2. The number of hydrogen-bond donors (Lipinski definition) is 3. The summed E-state index contributed by atoms with van der Waals surface area (Å²) in [5.41, 5.74) is 12.0. The lowest BCUT2D eigenvalue weighted by molar-refractivity contribution is 0.310. The van der Waals surface area contributed by atoms with E-state index in [1.807, 2.05) is 6.07 Å². The molecule has 0 amide bonds. The summed E-state index contributed by atoms with van der Waals surface area (Å²) in [6.45, 7) is 16.2. The van der Waals surface area contributed by atoms with Gasteiger partial charge in [-0.05, 0) is 89.4 Å². The SMILES string of the molecule is COc1ccc2[nH]c(-c3cc(OCc4ccc5[nH]c(C)c(C(C)C)c5c4)c4[nH]cc(C(C)C)c4c3)c(C(C)C)c2c1. The predicted molar refractivity (Wildman–Crippen MR) is 172 cm³/mol. The number of fused-ring (bicyclic) bond motifs is 3. The molecule has 3 N–H and O–H groups in total. The highest BCUT2D eigenvalue weighted by atomic mass is 16.5. The van der Waals surface area contributed by atoms with Crippen LogP contribution in [0.2, 0.25) is 0 Å². The molecule has 0 unspecified atom stereocenters. The number of H-pyrrole nitrogens is 3. The molecule has 0 aliphatic heterocycles. The lowest BCUT2D eigenvalue weighted by Gasteiger charge is -2.14. The van der Waals surface area contributed by atoms with E-state index in [0.29, 0.717) is 24.4 Å². The molecule has 0 aliphatic rings. The maximum absolute atomic E-state index is 6.65. The van der Waals surface area contributed by atoms with Crippen LogP contribution in [0.1, 0.15) is 87.2 Å². The first-order valence-corrected chi connectivity index (χ1v) is 14.7. The van der Waals surface area contributed by atoms with Crippen molar-refractivity contribution in [1.29, 1.82) is 0 Å². The minimum Gasteiger partial charge on any atom is -0.497 e. The number of methoxy groups -OCH3 is 1. The van der Waals surface area contributed by atoms with Crippen molar-refractivity contribution >= 4 is 32.7 Å². The normalized spacial score (nSPS) is 12.2. The largest absolute Gasteiger partial charge is 0.497 e. The fourth-order valence-corrected chi connectivity index (χ4v) is 6.49. The molecule has 5 heteroatoms. The van der Waals surface area contributed by atoms with Gasteiger partial charge in [0.05, 0.1) is 18.3 Å². The minimum absolute atomic E-state index is 0.327. The van der Waals surface area contributed by atoms with Crippen LogP contribution in [0.5, 0.6) is 11.5 Å². The maximum atomic E-state index is 6.65. The molecule has 0 aliphatic carbocycles. The third-order valence-electron chi connectivity index (χ3n) is 8.39. The van der Waals surface area contributed by atoms with Crippen molar-refractivity contribution < 1.29 is 9.47 Å². The number of hydrogen-bond acceptors (Lipinski definition) is 2. The maximum Gasteiger partial charge on any atom is 0.144 e. The first-order valence-electron chi connectivity index (χ1n) is 14.7. The third-order valence-corrected chi connectivity index (χ3v) is 8.39. The fraction of sp³-hybridized carbons (Fsp3) is 0.333. The van der Waals surface area contributed by atoms with Gasteiger partial charge < -0.3 is 24.4 Å². The second kappa shape index (κ2) is 10.4. The number of nitrogens with one attached hydrogen (secondary N) is 3. The van der Waals surface area contributed by atoms with Gasteiger partial charge in [0.15, 0.2) is 0 Å². The van der Waals surface area contributed by atoms with Crippen molar-refractivity contribution in [2.24, 2.45) is 0 Å². The summed E-state index contributed by atoms with van der Waals surface area (Å²) < 4.78 is 12.2. The first kappa shape index (κ1) is 27.1. The van der Waals surface area contributed by atoms with E-state index in [9.17, 15) is 0 Å². The van der Waals surface area contributed by atoms with E-state index >= 15 is 0 Å². The van der Waals surface area contributed by atoms with Crippen LogP contribution in [0.4, 0.5) is 0 Å². The molecule has 0 bridgehead atoms. The van der Waals surface area contributed by atoms with Crippen molar-refractivity contribution in [3.8, 4) is 22.8 Å². The molecule has 3 aromatic carbocycles. The fourth-order valence-electron chi connectivity index (χ4n) is 6.49. The van der Waals surface area contributed by atoms with E-state index in [-0.39, 0.29) is 0 Å². The zero-order valence-electron chi connectivity index (χ0n) is 25.5. The van der Waals surface area contributed by atoms with Crippen LogP contribution < -0.4 is 9.47 Å². The molecule has 0 saturated heterocycles. The van der Waals surface area contributed by atoms with Gasteiger partial charge in [0.1, 0.15) is 18.1 Å². The number of benzene rings is 3. The molecule has 0 fully saturated rings. The van der Waals surface area contributed by atoms with Gasteiger partial charge in [-0.3, -0.25) is 0 Å². The molecule has 6 aromatic rings. The lowest BCUT2D eigenvalue weighted by atomic mass is 9.94. The van der Waals surface area contributed by atoms with E-state index in [4.69, 9.17) is 9.47 Å². The Hall–Kier alpha value is -4.12. The van der Waals surface area contributed by atoms with Gasteiger partial charge in [-0.25, -0.2) is 0 Å². The van der Waals surface area contributed by atoms with Crippen LogP contribution in [0.3, 0.4) is 0 Å². The zero-order chi connectivity index (χ0) is 29.0. The first-order chi connectivity index (χ1) is 19.7. The van der Waals surface area contributed by atoms with Crippen LogP contribution in [0.15, 0.2) is 54.7 Å². The van der Waals surface area contributed by atoms with Crippen molar-refractivity contribution in [2.75, 3.05) is 7.11 Å². The summed E-state index contributed by atoms with van der Waals surface area (Å²) in [5, 5.41) is 3.69. The Labute approximate surface area is 242 Å². The van der Waals surface area contributed by atoms with Crippen LogP contribution in [0, 0.1) is 6.92 Å². The highest BCUT2D eigenvalue weighted by Crippen LogP contribution is 2.42. The number of aromatic amines is 3. The molecular weight excluding hydrogens is 506 g/mol. The molecule has 41 heavy (non-hydrogen) atoms. The standard InChI is InChI=1S/C36H41N3O2/c1-19(2)29-17-37-36-26(29)14-24(35-34(21(5)6)28-16-25(40-8)10-12-31(28)39-35)15-32(36)41-18-23-9-11-30-27(13-23)33(20(3)4)22(7)38-30/h9-17,19-21,37-39H,18H2,1-8H3. The van der Waals surface area contributed by atoms with Crippen molar-refractivity contribution in [2.45, 2.75) is 72.8 Å². The Bertz CT molecular complexity index is 1880. The Kier molecular flexibility index (Phi) is 6.85. The monoisotopic (exact) mass is 547 g/mol. The van der Waals surface area contributed by atoms with E-state index in [1.54, 1.807) is 7.11 Å². The summed E-state index contributed by atoms with van der Waals surface area (Å²) in [5.74, 6) is 2.90. The summed E-state index contributed by atoms with van der Waals surface area (Å²) in [7, 11) is 1.72. The number of aryl methyl sites for hydroxylation is 1. The van der Waals surface area contributed by atoms with Crippen molar-refractivity contribution in [3.05, 3.63) is 82.7 Å². The topological polar surface area (TPSA) is 65.8 Å². The van der Waals surface area contributed by atoms with Gasteiger partial charge in [0.2, 0.25) is 0 Å². The predicted octanol–water partition coefficient (Wildman–Crippen LogP) is 10.1. The van der Waals surface area contributed by atoms with Crippen LogP contribution >= 0.6 is 0 Å². The van der Waals surface area contributed by atoms with Crippen LogP contribution in [-0.2, 0) is 6.61 Å². The van der Waals surface area contributed by atoms with Gasteiger partial charge in [-0.1, -0.05) is 47.6 Å². The Balaban J connectivity index is 1.46. The molecule has 0 spiro atoms. The van der Waals surface area contributed by atoms with Crippen LogP contribution in [-0.4, -0.2) is 22.1 Å². The quantitative estimate of drug-likeness (QED) is 0.177. The molecule has 0 saturated carbocycles.